The van der Waals surface area contributed by atoms with Crippen molar-refractivity contribution in [2.75, 3.05) is 24.5 Å². The van der Waals surface area contributed by atoms with Gasteiger partial charge in [0, 0.05) is 13.1 Å². The smallest absolute Gasteiger partial charge is 0.264 e. The molecule has 8 nitrogen and oxygen atoms in total. The highest BCUT2D eigenvalue weighted by atomic mass is 32.2. The second kappa shape index (κ2) is 13.7. The van der Waals surface area contributed by atoms with Crippen molar-refractivity contribution >= 4 is 27.5 Å². The number of nitrogens with one attached hydrogen (secondary N) is 1. The molecule has 0 aliphatic heterocycles. The molecule has 0 saturated heterocycles. The molecule has 39 heavy (non-hydrogen) atoms. The summed E-state index contributed by atoms with van der Waals surface area (Å²) in [4.78, 5) is 28.0. The molecule has 10 heteroatoms. The van der Waals surface area contributed by atoms with Gasteiger partial charge in [-0.3, -0.25) is 13.9 Å². The minimum absolute atomic E-state index is 0.00725. The Balaban J connectivity index is 1.96. The van der Waals surface area contributed by atoms with Gasteiger partial charge >= 0.3 is 0 Å². The van der Waals surface area contributed by atoms with Gasteiger partial charge in [-0.05, 0) is 67.4 Å². The second-order valence-electron chi connectivity index (χ2n) is 8.99. The molecule has 0 heterocycles. The Morgan fingerprint density at radius 3 is 2.21 bits per heavy atom. The number of carbonyl (C=O) groups excluding carboxylic acids is 2. The van der Waals surface area contributed by atoms with E-state index < -0.39 is 34.3 Å². The fourth-order valence-corrected chi connectivity index (χ4v) is 5.32. The maximum absolute atomic E-state index is 13.8. The lowest BCUT2D eigenvalue weighted by Crippen LogP contribution is -2.51. The van der Waals surface area contributed by atoms with E-state index in [-0.39, 0.29) is 17.3 Å². The number of hydrogen-bond acceptors (Lipinski definition) is 5. The zero-order valence-electron chi connectivity index (χ0n) is 22.3. The molecule has 0 unspecified atom stereocenters. The number of sulfonamides is 1. The van der Waals surface area contributed by atoms with Gasteiger partial charge in [-0.2, -0.15) is 0 Å². The number of hydrogen-bond donors (Lipinski definition) is 1. The Bertz CT molecular complexity index is 1330. The third-order valence-electron chi connectivity index (χ3n) is 6.23. The number of methoxy groups -OCH3 is 1. The van der Waals surface area contributed by atoms with Gasteiger partial charge in [-0.25, -0.2) is 12.8 Å². The van der Waals surface area contributed by atoms with Crippen LogP contribution in [0.15, 0.2) is 83.8 Å². The molecule has 0 saturated carbocycles. The molecule has 3 aromatic rings. The molecule has 0 radical (unpaired) electrons. The van der Waals surface area contributed by atoms with Crippen molar-refractivity contribution < 1.29 is 27.1 Å². The first kappa shape index (κ1) is 29.6. The number of rotatable bonds is 13. The van der Waals surface area contributed by atoms with Crippen LogP contribution < -0.4 is 14.4 Å². The monoisotopic (exact) mass is 555 g/mol. The predicted molar refractivity (Wildman–Crippen MR) is 148 cm³/mol. The van der Waals surface area contributed by atoms with E-state index in [2.05, 4.69) is 5.32 Å². The third-order valence-corrected chi connectivity index (χ3v) is 8.02. The van der Waals surface area contributed by atoms with Crippen molar-refractivity contribution in [1.29, 1.82) is 0 Å². The summed E-state index contributed by atoms with van der Waals surface area (Å²) in [6, 6.07) is 18.9. The van der Waals surface area contributed by atoms with Crippen LogP contribution in [0.1, 0.15) is 32.3 Å². The van der Waals surface area contributed by atoms with E-state index in [4.69, 9.17) is 4.74 Å². The summed E-state index contributed by atoms with van der Waals surface area (Å²) in [5, 5.41) is 2.83. The molecule has 3 rings (SSSR count). The van der Waals surface area contributed by atoms with Crippen LogP contribution in [0.3, 0.4) is 0 Å². The van der Waals surface area contributed by atoms with E-state index in [1.165, 1.54) is 60.5 Å². The van der Waals surface area contributed by atoms with E-state index in [1.54, 1.807) is 37.3 Å². The van der Waals surface area contributed by atoms with Crippen LogP contribution in [0.4, 0.5) is 10.1 Å². The molecule has 1 N–H and O–H groups in total. The number of carbonyl (C=O) groups is 2. The molecule has 0 fully saturated rings. The molecule has 1 atom stereocenters. The van der Waals surface area contributed by atoms with Crippen LogP contribution >= 0.6 is 0 Å². The lowest BCUT2D eigenvalue weighted by Gasteiger charge is -2.32. The van der Waals surface area contributed by atoms with Crippen molar-refractivity contribution in [2.45, 2.75) is 44.2 Å². The van der Waals surface area contributed by atoms with E-state index in [1.807, 2.05) is 6.92 Å². The van der Waals surface area contributed by atoms with Gasteiger partial charge in [0.2, 0.25) is 11.8 Å². The summed E-state index contributed by atoms with van der Waals surface area (Å²) >= 11 is 0. The molecule has 0 spiro atoms. The average Bonchev–Trinajstić information content (AvgIpc) is 2.95. The topological polar surface area (TPSA) is 96.0 Å². The van der Waals surface area contributed by atoms with Crippen molar-refractivity contribution in [3.63, 3.8) is 0 Å². The van der Waals surface area contributed by atoms with Gasteiger partial charge in [0.15, 0.2) is 0 Å². The number of benzene rings is 3. The maximum Gasteiger partial charge on any atom is 0.264 e. The number of para-hydroxylation sites is 1. The van der Waals surface area contributed by atoms with Crippen molar-refractivity contribution in [3.8, 4) is 5.75 Å². The van der Waals surface area contributed by atoms with E-state index in [9.17, 15) is 22.4 Å². The number of unbranched alkanes of at least 4 members (excludes halogenated alkanes) is 1. The number of ether oxygens (including phenoxy) is 1. The summed E-state index contributed by atoms with van der Waals surface area (Å²) in [5.41, 5.74) is 0.894. The average molecular weight is 556 g/mol. The second-order valence-corrected chi connectivity index (χ2v) is 10.9. The Labute approximate surface area is 229 Å². The molecule has 0 aliphatic rings. The lowest BCUT2D eigenvalue weighted by molar-refractivity contribution is -0.139. The zero-order valence-corrected chi connectivity index (χ0v) is 23.2. The van der Waals surface area contributed by atoms with Crippen LogP contribution in [0.5, 0.6) is 5.75 Å². The number of amides is 2. The van der Waals surface area contributed by atoms with E-state index in [0.717, 1.165) is 17.1 Å². The number of nitrogens with zero attached hydrogens (tertiary/aromatic N) is 2. The van der Waals surface area contributed by atoms with Gasteiger partial charge in [-0.15, -0.1) is 0 Å². The van der Waals surface area contributed by atoms with Crippen molar-refractivity contribution in [1.82, 2.24) is 10.2 Å². The summed E-state index contributed by atoms with van der Waals surface area (Å²) in [6.45, 7) is 3.49. The maximum atomic E-state index is 13.8. The Kier molecular flexibility index (Phi) is 10.4. The van der Waals surface area contributed by atoms with Crippen molar-refractivity contribution in [2.24, 2.45) is 0 Å². The fourth-order valence-electron chi connectivity index (χ4n) is 3.90. The first-order chi connectivity index (χ1) is 18.7. The summed E-state index contributed by atoms with van der Waals surface area (Å²) in [5.74, 6) is -0.880. The first-order valence-electron chi connectivity index (χ1n) is 12.7. The highest BCUT2D eigenvalue weighted by Crippen LogP contribution is 2.25. The Morgan fingerprint density at radius 1 is 0.974 bits per heavy atom. The van der Waals surface area contributed by atoms with Crippen LogP contribution in [-0.2, 0) is 26.2 Å². The molecular formula is C29H34FN3O5S. The van der Waals surface area contributed by atoms with E-state index in [0.29, 0.717) is 23.5 Å². The van der Waals surface area contributed by atoms with Crippen molar-refractivity contribution in [3.05, 3.63) is 90.2 Å². The van der Waals surface area contributed by atoms with Gasteiger partial charge in [0.25, 0.3) is 10.0 Å². The minimum atomic E-state index is -4.17. The van der Waals surface area contributed by atoms with Gasteiger partial charge in [-0.1, -0.05) is 43.7 Å². The number of anilines is 1. The third kappa shape index (κ3) is 7.79. The van der Waals surface area contributed by atoms with E-state index >= 15 is 0 Å². The predicted octanol–water partition coefficient (Wildman–Crippen LogP) is 4.36. The molecule has 0 bridgehead atoms. The molecule has 3 aromatic carbocycles. The van der Waals surface area contributed by atoms with Crippen LogP contribution in [0.25, 0.3) is 0 Å². The Morgan fingerprint density at radius 2 is 1.62 bits per heavy atom. The lowest BCUT2D eigenvalue weighted by atomic mass is 10.1. The normalized spacial score (nSPS) is 11.9. The van der Waals surface area contributed by atoms with Crippen LogP contribution in [-0.4, -0.2) is 51.4 Å². The standard InChI is InChI=1S/C29H34FN3O5S/c1-4-5-19-31-29(35)22(2)32(20-23-11-13-24(30)14-12-23)28(34)21-33(25-9-7-6-8-10-25)39(36,37)27-17-15-26(38-3)16-18-27/h6-18,22H,4-5,19-21H2,1-3H3,(H,31,35)/t22-/m1/s1. The summed E-state index contributed by atoms with van der Waals surface area (Å²) in [7, 11) is -2.69. The van der Waals surface area contributed by atoms with Crippen LogP contribution in [0, 0.1) is 5.82 Å². The highest BCUT2D eigenvalue weighted by molar-refractivity contribution is 7.92. The molecule has 0 aliphatic carbocycles. The van der Waals surface area contributed by atoms with Gasteiger partial charge in [0.05, 0.1) is 17.7 Å². The molecule has 0 aromatic heterocycles. The summed E-state index contributed by atoms with van der Waals surface area (Å²) < 4.78 is 47.2. The molecule has 2 amide bonds. The molecular weight excluding hydrogens is 521 g/mol. The van der Waals surface area contributed by atoms with Gasteiger partial charge in [0.1, 0.15) is 24.2 Å². The minimum Gasteiger partial charge on any atom is -0.497 e. The van der Waals surface area contributed by atoms with Crippen LogP contribution in [0.2, 0.25) is 0 Å². The Hall–Kier alpha value is -3.92. The first-order valence-corrected chi connectivity index (χ1v) is 14.1. The number of halogens is 1. The zero-order chi connectivity index (χ0) is 28.4. The fraction of sp³-hybridized carbons (Fsp3) is 0.310. The SMILES string of the molecule is CCCCNC(=O)[C@@H](C)N(Cc1ccc(F)cc1)C(=O)CN(c1ccccc1)S(=O)(=O)c1ccc(OC)cc1. The molecule has 208 valence electrons. The quantitative estimate of drug-likeness (QED) is 0.316. The summed E-state index contributed by atoms with van der Waals surface area (Å²) in [6.07, 6.45) is 1.67. The highest BCUT2D eigenvalue weighted by Gasteiger charge is 2.32. The largest absolute Gasteiger partial charge is 0.497 e. The van der Waals surface area contributed by atoms with Gasteiger partial charge < -0.3 is 15.0 Å².